The number of benzene rings is 1. The molecule has 0 fully saturated rings. The number of methoxy groups -OCH3 is 1. The monoisotopic (exact) mass is 185 g/mol. The first-order valence-corrected chi connectivity index (χ1v) is 3.50. The SMILES string of the molecule is COc1cc(Cl)c(F)cc1C#N. The number of hydrogen-bond acceptors (Lipinski definition) is 2. The lowest BCUT2D eigenvalue weighted by Crippen LogP contribution is -1.89. The molecule has 0 saturated heterocycles. The predicted molar refractivity (Wildman–Crippen MR) is 42.7 cm³/mol. The molecule has 1 aromatic rings. The second kappa shape index (κ2) is 3.42. The van der Waals surface area contributed by atoms with Gasteiger partial charge in [0.1, 0.15) is 17.6 Å². The zero-order chi connectivity index (χ0) is 9.14. The van der Waals surface area contributed by atoms with Gasteiger partial charge in [0.05, 0.1) is 17.7 Å². The highest BCUT2D eigenvalue weighted by atomic mass is 35.5. The second-order valence-corrected chi connectivity index (χ2v) is 2.49. The summed E-state index contributed by atoms with van der Waals surface area (Å²) in [5.74, 6) is -0.335. The summed E-state index contributed by atoms with van der Waals surface area (Å²) in [6, 6.07) is 4.11. The summed E-state index contributed by atoms with van der Waals surface area (Å²) in [6.07, 6.45) is 0. The number of halogens is 2. The van der Waals surface area contributed by atoms with E-state index in [0.29, 0.717) is 0 Å². The molecule has 1 rings (SSSR count). The minimum Gasteiger partial charge on any atom is -0.495 e. The van der Waals surface area contributed by atoms with E-state index in [0.717, 1.165) is 6.07 Å². The lowest BCUT2D eigenvalue weighted by Gasteiger charge is -2.02. The van der Waals surface area contributed by atoms with Crippen molar-refractivity contribution in [1.29, 1.82) is 5.26 Å². The van der Waals surface area contributed by atoms with Gasteiger partial charge in [-0.05, 0) is 6.07 Å². The number of nitrogens with zero attached hydrogens (tertiary/aromatic N) is 1. The Bertz CT molecular complexity index is 346. The summed E-state index contributed by atoms with van der Waals surface area (Å²) in [7, 11) is 1.39. The Labute approximate surface area is 74.1 Å². The van der Waals surface area contributed by atoms with E-state index in [4.69, 9.17) is 21.6 Å². The molecule has 12 heavy (non-hydrogen) atoms. The molecule has 0 aliphatic rings. The van der Waals surface area contributed by atoms with Crippen LogP contribution in [0.15, 0.2) is 12.1 Å². The van der Waals surface area contributed by atoms with Crippen molar-refractivity contribution in [2.75, 3.05) is 7.11 Å². The fraction of sp³-hybridized carbons (Fsp3) is 0.125. The first-order chi connectivity index (χ1) is 5.69. The topological polar surface area (TPSA) is 33.0 Å². The van der Waals surface area contributed by atoms with Gasteiger partial charge in [-0.2, -0.15) is 5.26 Å². The van der Waals surface area contributed by atoms with E-state index in [2.05, 4.69) is 0 Å². The van der Waals surface area contributed by atoms with E-state index in [-0.39, 0.29) is 16.3 Å². The van der Waals surface area contributed by atoms with E-state index in [1.54, 1.807) is 6.07 Å². The molecule has 2 nitrogen and oxygen atoms in total. The third-order valence-electron chi connectivity index (χ3n) is 1.36. The molecule has 0 bridgehead atoms. The molecule has 0 radical (unpaired) electrons. The second-order valence-electron chi connectivity index (χ2n) is 2.08. The summed E-state index contributed by atoms with van der Waals surface area (Å²) in [5, 5.41) is 8.47. The number of hydrogen-bond donors (Lipinski definition) is 0. The molecule has 1 aromatic carbocycles. The maximum absolute atomic E-state index is 12.7. The molecule has 0 saturated carbocycles. The van der Waals surface area contributed by atoms with E-state index in [1.165, 1.54) is 13.2 Å². The number of rotatable bonds is 1. The summed E-state index contributed by atoms with van der Waals surface area (Å²) >= 11 is 5.46. The minimum atomic E-state index is -0.617. The lowest BCUT2D eigenvalue weighted by atomic mass is 10.2. The van der Waals surface area contributed by atoms with Crippen LogP contribution in [0.5, 0.6) is 5.75 Å². The Hall–Kier alpha value is -1.27. The number of nitriles is 1. The molecule has 0 heterocycles. The van der Waals surface area contributed by atoms with Gasteiger partial charge < -0.3 is 4.74 Å². The summed E-state index contributed by atoms with van der Waals surface area (Å²) in [6.45, 7) is 0. The summed E-state index contributed by atoms with van der Waals surface area (Å²) in [5.41, 5.74) is 0.138. The maximum atomic E-state index is 12.7. The Morgan fingerprint density at radius 1 is 1.58 bits per heavy atom. The molecule has 0 aliphatic heterocycles. The Balaban J connectivity index is 3.31. The van der Waals surface area contributed by atoms with Crippen LogP contribution in [0, 0.1) is 17.1 Å². The van der Waals surface area contributed by atoms with Gasteiger partial charge in [-0.3, -0.25) is 0 Å². The molecular weight excluding hydrogens is 181 g/mol. The minimum absolute atomic E-state index is 0.0501. The zero-order valence-electron chi connectivity index (χ0n) is 6.27. The van der Waals surface area contributed by atoms with Gasteiger partial charge >= 0.3 is 0 Å². The van der Waals surface area contributed by atoms with Crippen LogP contribution in [-0.4, -0.2) is 7.11 Å². The van der Waals surface area contributed by atoms with Gasteiger partial charge in [0.2, 0.25) is 0 Å². The van der Waals surface area contributed by atoms with Crippen molar-refractivity contribution < 1.29 is 9.13 Å². The molecule has 62 valence electrons. The molecule has 0 amide bonds. The normalized spacial score (nSPS) is 9.17. The molecule has 4 heteroatoms. The number of ether oxygens (including phenoxy) is 1. The van der Waals surface area contributed by atoms with Gasteiger partial charge in [0.25, 0.3) is 0 Å². The fourth-order valence-corrected chi connectivity index (χ4v) is 0.938. The third-order valence-corrected chi connectivity index (χ3v) is 1.65. The van der Waals surface area contributed by atoms with Crippen LogP contribution in [0.1, 0.15) is 5.56 Å². The zero-order valence-corrected chi connectivity index (χ0v) is 7.02. The predicted octanol–water partition coefficient (Wildman–Crippen LogP) is 2.36. The molecule has 0 spiro atoms. The van der Waals surface area contributed by atoms with Gasteiger partial charge in [-0.15, -0.1) is 0 Å². The van der Waals surface area contributed by atoms with Crippen molar-refractivity contribution in [2.24, 2.45) is 0 Å². The van der Waals surface area contributed by atoms with Crippen molar-refractivity contribution >= 4 is 11.6 Å². The Kier molecular flexibility index (Phi) is 2.51. The largest absolute Gasteiger partial charge is 0.495 e. The Morgan fingerprint density at radius 2 is 2.25 bits per heavy atom. The standard InChI is InChI=1S/C8H5ClFNO/c1-12-8-3-6(9)7(10)2-5(8)4-11/h2-3H,1H3. The van der Waals surface area contributed by atoms with E-state index in [1.807, 2.05) is 0 Å². The highest BCUT2D eigenvalue weighted by molar-refractivity contribution is 6.30. The van der Waals surface area contributed by atoms with E-state index < -0.39 is 5.82 Å². The van der Waals surface area contributed by atoms with Crippen molar-refractivity contribution in [2.45, 2.75) is 0 Å². The quantitative estimate of drug-likeness (QED) is 0.673. The first kappa shape index (κ1) is 8.82. The highest BCUT2D eigenvalue weighted by Gasteiger charge is 2.07. The first-order valence-electron chi connectivity index (χ1n) is 3.12. The summed E-state index contributed by atoms with van der Waals surface area (Å²) in [4.78, 5) is 0. The molecule has 0 N–H and O–H groups in total. The molecule has 0 aliphatic carbocycles. The third kappa shape index (κ3) is 1.49. The average molecular weight is 186 g/mol. The molecule has 0 atom stereocenters. The van der Waals surface area contributed by atoms with Crippen LogP contribution >= 0.6 is 11.6 Å². The average Bonchev–Trinajstić information content (AvgIpc) is 2.09. The van der Waals surface area contributed by atoms with Crippen molar-refractivity contribution in [3.63, 3.8) is 0 Å². The van der Waals surface area contributed by atoms with Gasteiger partial charge in [-0.25, -0.2) is 4.39 Å². The Morgan fingerprint density at radius 3 is 2.75 bits per heavy atom. The fourth-order valence-electron chi connectivity index (χ4n) is 0.785. The molecule has 0 aromatic heterocycles. The molecule has 0 unspecified atom stereocenters. The van der Waals surface area contributed by atoms with Crippen LogP contribution in [-0.2, 0) is 0 Å². The van der Waals surface area contributed by atoms with Gasteiger partial charge in [-0.1, -0.05) is 11.6 Å². The smallest absolute Gasteiger partial charge is 0.143 e. The van der Waals surface area contributed by atoms with Crippen LogP contribution in [0.25, 0.3) is 0 Å². The van der Waals surface area contributed by atoms with E-state index in [9.17, 15) is 4.39 Å². The van der Waals surface area contributed by atoms with Crippen LogP contribution < -0.4 is 4.74 Å². The van der Waals surface area contributed by atoms with Crippen molar-refractivity contribution in [1.82, 2.24) is 0 Å². The van der Waals surface area contributed by atoms with Crippen LogP contribution in [0.3, 0.4) is 0 Å². The summed E-state index contributed by atoms with van der Waals surface area (Å²) < 4.78 is 17.5. The molecular formula is C8H5ClFNO. The maximum Gasteiger partial charge on any atom is 0.143 e. The lowest BCUT2D eigenvalue weighted by molar-refractivity contribution is 0.412. The van der Waals surface area contributed by atoms with Crippen LogP contribution in [0.4, 0.5) is 4.39 Å². The van der Waals surface area contributed by atoms with Crippen molar-refractivity contribution in [3.05, 3.63) is 28.5 Å². The van der Waals surface area contributed by atoms with Gasteiger partial charge in [0.15, 0.2) is 0 Å². The van der Waals surface area contributed by atoms with E-state index >= 15 is 0 Å². The highest BCUT2D eigenvalue weighted by Crippen LogP contribution is 2.25. The van der Waals surface area contributed by atoms with Gasteiger partial charge in [0, 0.05) is 6.07 Å². The van der Waals surface area contributed by atoms with Crippen LogP contribution in [0.2, 0.25) is 5.02 Å². The van der Waals surface area contributed by atoms with Crippen molar-refractivity contribution in [3.8, 4) is 11.8 Å².